The van der Waals surface area contributed by atoms with E-state index in [1.54, 1.807) is 35.4 Å². The van der Waals surface area contributed by atoms with Gasteiger partial charge in [-0.25, -0.2) is 13.9 Å². The molecule has 1 aliphatic heterocycles. The van der Waals surface area contributed by atoms with Crippen molar-refractivity contribution in [1.29, 1.82) is 0 Å². The van der Waals surface area contributed by atoms with Crippen LogP contribution in [0.2, 0.25) is 0 Å². The van der Waals surface area contributed by atoms with Crippen molar-refractivity contribution >= 4 is 23.5 Å². The number of aromatic nitrogens is 2. The van der Waals surface area contributed by atoms with E-state index in [1.165, 1.54) is 10.7 Å². The molecule has 3 aromatic rings. The number of halogens is 1. The normalized spacial score (nSPS) is 22.7. The molecule has 5 rings (SSSR count). The number of benzene rings is 2. The topological polar surface area (TPSA) is 76.5 Å². The van der Waals surface area contributed by atoms with Crippen molar-refractivity contribution in [1.82, 2.24) is 9.78 Å². The van der Waals surface area contributed by atoms with Gasteiger partial charge in [-0.1, -0.05) is 30.3 Å². The summed E-state index contributed by atoms with van der Waals surface area (Å²) in [4.78, 5) is 26.9. The fourth-order valence-corrected chi connectivity index (χ4v) is 4.49. The van der Waals surface area contributed by atoms with Crippen LogP contribution in [0.4, 0.5) is 20.7 Å². The van der Waals surface area contributed by atoms with Crippen LogP contribution in [0, 0.1) is 11.7 Å². The molecule has 1 spiro atoms. The highest BCUT2D eigenvalue weighted by atomic mass is 19.1. The molecule has 0 bridgehead atoms. The van der Waals surface area contributed by atoms with E-state index in [9.17, 15) is 14.0 Å². The number of amides is 2. The molecule has 1 saturated carbocycles. The van der Waals surface area contributed by atoms with Crippen LogP contribution in [-0.2, 0) is 9.53 Å². The molecule has 0 atom stereocenters. The van der Waals surface area contributed by atoms with E-state index in [0.717, 1.165) is 5.69 Å². The van der Waals surface area contributed by atoms with Crippen LogP contribution < -0.4 is 10.2 Å². The molecule has 0 unspecified atom stereocenters. The summed E-state index contributed by atoms with van der Waals surface area (Å²) in [7, 11) is 0. The first kappa shape index (κ1) is 20.2. The maximum atomic E-state index is 14.0. The molecule has 2 aliphatic rings. The standard InChI is InChI=1S/C24H23FN4O3/c25-19-8-4-5-9-20(19)29-15-12-21(27-29)26-22(30)17-10-13-24(14-11-17)16-28(23(31)32-24)18-6-2-1-3-7-18/h1-9,12,15,17H,10-11,13-14,16H2,(H,26,27,30)/t17-,24-. The van der Waals surface area contributed by atoms with Crippen molar-refractivity contribution in [3.63, 3.8) is 0 Å². The quantitative estimate of drug-likeness (QED) is 0.654. The average molecular weight is 434 g/mol. The highest BCUT2D eigenvalue weighted by Gasteiger charge is 2.48. The Morgan fingerprint density at radius 1 is 1.06 bits per heavy atom. The summed E-state index contributed by atoms with van der Waals surface area (Å²) in [5, 5.41) is 7.10. The highest BCUT2D eigenvalue weighted by Crippen LogP contribution is 2.41. The van der Waals surface area contributed by atoms with Gasteiger partial charge in [0.2, 0.25) is 5.91 Å². The van der Waals surface area contributed by atoms with Gasteiger partial charge >= 0.3 is 6.09 Å². The first-order valence-electron chi connectivity index (χ1n) is 10.7. The van der Waals surface area contributed by atoms with Crippen molar-refractivity contribution in [3.05, 3.63) is 72.7 Å². The number of ether oxygens (including phenoxy) is 1. The molecule has 1 N–H and O–H groups in total. The van der Waals surface area contributed by atoms with Gasteiger partial charge in [0, 0.05) is 23.9 Å². The molecule has 2 heterocycles. The van der Waals surface area contributed by atoms with Gasteiger partial charge in [0.15, 0.2) is 5.82 Å². The van der Waals surface area contributed by atoms with Gasteiger partial charge < -0.3 is 10.1 Å². The van der Waals surface area contributed by atoms with Crippen molar-refractivity contribution in [3.8, 4) is 5.69 Å². The monoisotopic (exact) mass is 434 g/mol. The van der Waals surface area contributed by atoms with E-state index >= 15 is 0 Å². The first-order valence-corrected chi connectivity index (χ1v) is 10.7. The molecular weight excluding hydrogens is 411 g/mol. The number of carbonyl (C=O) groups excluding carboxylic acids is 2. The Morgan fingerprint density at radius 3 is 2.53 bits per heavy atom. The molecule has 2 fully saturated rings. The van der Waals surface area contributed by atoms with E-state index in [2.05, 4.69) is 10.4 Å². The lowest BCUT2D eigenvalue weighted by Crippen LogP contribution is -2.41. The summed E-state index contributed by atoms with van der Waals surface area (Å²) >= 11 is 0. The third kappa shape index (κ3) is 3.84. The summed E-state index contributed by atoms with van der Waals surface area (Å²) in [5.74, 6) is -0.325. The molecular formula is C24H23FN4O3. The number of rotatable bonds is 4. The van der Waals surface area contributed by atoms with Gasteiger partial charge in [-0.05, 0) is 49.9 Å². The Bertz CT molecular complexity index is 1140. The van der Waals surface area contributed by atoms with E-state index in [0.29, 0.717) is 43.7 Å². The van der Waals surface area contributed by atoms with Crippen LogP contribution in [0.1, 0.15) is 25.7 Å². The van der Waals surface area contributed by atoms with E-state index < -0.39 is 5.60 Å². The fourth-order valence-electron chi connectivity index (χ4n) is 4.49. The highest BCUT2D eigenvalue weighted by molar-refractivity contribution is 5.92. The van der Waals surface area contributed by atoms with Crippen LogP contribution >= 0.6 is 0 Å². The Morgan fingerprint density at radius 2 is 1.78 bits per heavy atom. The molecule has 1 saturated heterocycles. The molecule has 2 amide bonds. The molecule has 7 nitrogen and oxygen atoms in total. The minimum absolute atomic E-state index is 0.122. The molecule has 32 heavy (non-hydrogen) atoms. The zero-order valence-electron chi connectivity index (χ0n) is 17.4. The summed E-state index contributed by atoms with van der Waals surface area (Å²) < 4.78 is 21.1. The molecule has 164 valence electrons. The Hall–Kier alpha value is -3.68. The van der Waals surface area contributed by atoms with Crippen molar-refractivity contribution in [2.24, 2.45) is 5.92 Å². The van der Waals surface area contributed by atoms with E-state index in [-0.39, 0.29) is 23.7 Å². The Kier molecular flexibility index (Phi) is 5.13. The number of anilines is 2. The van der Waals surface area contributed by atoms with Gasteiger partial charge in [0.25, 0.3) is 0 Å². The number of hydrogen-bond acceptors (Lipinski definition) is 4. The summed E-state index contributed by atoms with van der Waals surface area (Å²) in [6, 6.07) is 17.4. The van der Waals surface area contributed by atoms with Gasteiger partial charge in [0.1, 0.15) is 17.1 Å². The minimum atomic E-state index is -0.546. The molecule has 0 radical (unpaired) electrons. The number of nitrogens with zero attached hydrogens (tertiary/aromatic N) is 3. The maximum Gasteiger partial charge on any atom is 0.415 e. The van der Waals surface area contributed by atoms with Crippen LogP contribution in [0.5, 0.6) is 0 Å². The lowest BCUT2D eigenvalue weighted by atomic mass is 9.78. The molecule has 8 heteroatoms. The number of para-hydroxylation sites is 2. The minimum Gasteiger partial charge on any atom is -0.441 e. The number of nitrogens with one attached hydrogen (secondary N) is 1. The molecule has 2 aromatic carbocycles. The second-order valence-electron chi connectivity index (χ2n) is 8.33. The van der Waals surface area contributed by atoms with Crippen LogP contribution in [0.15, 0.2) is 66.9 Å². The van der Waals surface area contributed by atoms with E-state index in [1.807, 2.05) is 30.3 Å². The lowest BCUT2D eigenvalue weighted by molar-refractivity contribution is -0.122. The Labute approximate surface area is 184 Å². The summed E-state index contributed by atoms with van der Waals surface area (Å²) in [5.41, 5.74) is 0.592. The van der Waals surface area contributed by atoms with Crippen molar-refractivity contribution in [2.45, 2.75) is 31.3 Å². The summed E-state index contributed by atoms with van der Waals surface area (Å²) in [6.45, 7) is 0.497. The van der Waals surface area contributed by atoms with Crippen LogP contribution in [0.25, 0.3) is 5.69 Å². The van der Waals surface area contributed by atoms with Gasteiger partial charge in [-0.15, -0.1) is 5.10 Å². The van der Waals surface area contributed by atoms with Crippen molar-refractivity contribution < 1.29 is 18.7 Å². The zero-order chi connectivity index (χ0) is 22.1. The SMILES string of the molecule is O=C1O[C@]2(CC[C@H](C(=O)Nc3ccn(-c4ccccc4F)n3)CC2)CN1c1ccccc1. The maximum absolute atomic E-state index is 14.0. The van der Waals surface area contributed by atoms with Gasteiger partial charge in [-0.3, -0.25) is 9.69 Å². The lowest BCUT2D eigenvalue weighted by Gasteiger charge is -2.34. The average Bonchev–Trinajstić information content (AvgIpc) is 3.39. The van der Waals surface area contributed by atoms with Crippen LogP contribution in [-0.4, -0.2) is 33.9 Å². The predicted molar refractivity (Wildman–Crippen MR) is 117 cm³/mol. The summed E-state index contributed by atoms with van der Waals surface area (Å²) in [6.07, 6.45) is 3.77. The fraction of sp³-hybridized carbons (Fsp3) is 0.292. The number of carbonyl (C=O) groups is 2. The third-order valence-corrected chi connectivity index (χ3v) is 6.25. The second kappa shape index (κ2) is 8.11. The largest absolute Gasteiger partial charge is 0.441 e. The van der Waals surface area contributed by atoms with Crippen molar-refractivity contribution in [2.75, 3.05) is 16.8 Å². The first-order chi connectivity index (χ1) is 15.5. The van der Waals surface area contributed by atoms with Gasteiger partial charge in [0.05, 0.1) is 6.54 Å². The number of hydrogen-bond donors (Lipinski definition) is 1. The van der Waals surface area contributed by atoms with Crippen LogP contribution in [0.3, 0.4) is 0 Å². The smallest absolute Gasteiger partial charge is 0.415 e. The Balaban J connectivity index is 1.20. The molecule has 1 aromatic heterocycles. The second-order valence-corrected chi connectivity index (χ2v) is 8.33. The van der Waals surface area contributed by atoms with E-state index in [4.69, 9.17) is 4.74 Å². The molecule has 1 aliphatic carbocycles. The third-order valence-electron chi connectivity index (χ3n) is 6.25. The van der Waals surface area contributed by atoms with Gasteiger partial charge in [-0.2, -0.15) is 0 Å². The zero-order valence-corrected chi connectivity index (χ0v) is 17.4. The predicted octanol–water partition coefficient (Wildman–Crippen LogP) is 4.54.